The molecule has 1 aliphatic carbocycles. The van der Waals surface area contributed by atoms with E-state index in [9.17, 15) is 9.59 Å². The van der Waals surface area contributed by atoms with Crippen molar-refractivity contribution in [2.24, 2.45) is 0 Å². The molecule has 0 aromatic carbocycles. The topological polar surface area (TPSA) is 93.1 Å². The van der Waals surface area contributed by atoms with Crippen LogP contribution in [0.1, 0.15) is 25.7 Å². The van der Waals surface area contributed by atoms with Crippen LogP contribution in [0.25, 0.3) is 0 Å². The first-order valence-electron chi connectivity index (χ1n) is 3.88. The molecule has 0 spiro atoms. The third-order valence-electron chi connectivity index (χ3n) is 1.91. The van der Waals surface area contributed by atoms with E-state index in [0.717, 1.165) is 0 Å². The predicted octanol–water partition coefficient (Wildman–Crippen LogP) is 1.65. The van der Waals surface area contributed by atoms with E-state index >= 15 is 0 Å². The fourth-order valence-electron chi connectivity index (χ4n) is 1.46. The normalized spacial score (nSPS) is 19.4. The summed E-state index contributed by atoms with van der Waals surface area (Å²) in [5, 5.41) is 16.7. The van der Waals surface area contributed by atoms with Gasteiger partial charge in [-0.1, -0.05) is 0 Å². The van der Waals surface area contributed by atoms with Gasteiger partial charge in [-0.2, -0.15) is 0 Å². The lowest BCUT2D eigenvalue weighted by atomic mass is 10.2. The monoisotopic (exact) mass is 190 g/mol. The Labute approximate surface area is 74.1 Å². The Morgan fingerprint density at radius 2 is 1.38 bits per heavy atom. The van der Waals surface area contributed by atoms with Crippen LogP contribution in [0.3, 0.4) is 0 Å². The van der Waals surface area contributed by atoms with Crippen molar-refractivity contribution in [2.75, 3.05) is 0 Å². The lowest BCUT2D eigenvalue weighted by molar-refractivity contribution is -0.176. The minimum absolute atomic E-state index is 0.297. The van der Waals surface area contributed by atoms with Gasteiger partial charge in [0.1, 0.15) is 0 Å². The highest BCUT2D eigenvalue weighted by molar-refractivity contribution is 5.60. The van der Waals surface area contributed by atoms with Crippen molar-refractivity contribution in [2.45, 2.75) is 31.5 Å². The van der Waals surface area contributed by atoms with Crippen molar-refractivity contribution >= 4 is 12.3 Å². The molecule has 1 aliphatic rings. The first kappa shape index (κ1) is 9.63. The number of ether oxygens (including phenoxy) is 2. The fraction of sp³-hybridized carbons (Fsp3) is 0.714. The minimum Gasteiger partial charge on any atom is -0.450 e. The van der Waals surface area contributed by atoms with Crippen LogP contribution in [-0.4, -0.2) is 28.3 Å². The zero-order chi connectivity index (χ0) is 9.90. The lowest BCUT2D eigenvalue weighted by Crippen LogP contribution is -2.36. The van der Waals surface area contributed by atoms with Crippen molar-refractivity contribution in [3.05, 3.63) is 0 Å². The molecule has 0 aliphatic heterocycles. The van der Waals surface area contributed by atoms with Crippen molar-refractivity contribution in [1.82, 2.24) is 0 Å². The van der Waals surface area contributed by atoms with Crippen LogP contribution in [0.15, 0.2) is 0 Å². The Hall–Kier alpha value is -1.46. The zero-order valence-corrected chi connectivity index (χ0v) is 6.86. The molecule has 1 fully saturated rings. The van der Waals surface area contributed by atoms with Crippen LogP contribution in [0.2, 0.25) is 0 Å². The molecule has 74 valence electrons. The Morgan fingerprint density at radius 1 is 1.00 bits per heavy atom. The van der Waals surface area contributed by atoms with Gasteiger partial charge in [-0.25, -0.2) is 9.59 Å². The van der Waals surface area contributed by atoms with Crippen LogP contribution >= 0.6 is 0 Å². The van der Waals surface area contributed by atoms with Crippen LogP contribution in [-0.2, 0) is 9.47 Å². The largest absolute Gasteiger partial charge is 0.509 e. The van der Waals surface area contributed by atoms with Gasteiger partial charge >= 0.3 is 12.3 Å². The Balaban J connectivity index is 2.62. The smallest absolute Gasteiger partial charge is 0.450 e. The van der Waals surface area contributed by atoms with E-state index in [2.05, 4.69) is 9.47 Å². The maximum Gasteiger partial charge on any atom is 0.509 e. The Bertz CT molecular complexity index is 199. The average Bonchev–Trinajstić information content (AvgIpc) is 2.33. The number of carboxylic acid groups (broad SMARTS) is 2. The molecule has 0 atom stereocenters. The van der Waals surface area contributed by atoms with Crippen LogP contribution in [0, 0.1) is 0 Å². The van der Waals surface area contributed by atoms with Gasteiger partial charge in [-0.3, -0.25) is 0 Å². The summed E-state index contributed by atoms with van der Waals surface area (Å²) in [6.45, 7) is 0. The summed E-state index contributed by atoms with van der Waals surface area (Å²) < 4.78 is 8.85. The standard InChI is InChI=1S/C7H10O6/c8-5(9)12-7(13-6(10)11)3-1-2-4-7/h1-4H2,(H,8,9)(H,10,11). The molecule has 0 unspecified atom stereocenters. The molecule has 1 rings (SSSR count). The van der Waals surface area contributed by atoms with Gasteiger partial charge in [-0.15, -0.1) is 0 Å². The molecule has 0 saturated heterocycles. The molecule has 0 aromatic rings. The molecule has 0 heterocycles. The van der Waals surface area contributed by atoms with E-state index in [4.69, 9.17) is 10.2 Å². The predicted molar refractivity (Wildman–Crippen MR) is 39.4 cm³/mol. The van der Waals surface area contributed by atoms with Gasteiger partial charge in [0.05, 0.1) is 0 Å². The van der Waals surface area contributed by atoms with Gasteiger partial charge in [0, 0.05) is 12.8 Å². The van der Waals surface area contributed by atoms with Crippen molar-refractivity contribution in [3.63, 3.8) is 0 Å². The van der Waals surface area contributed by atoms with Gasteiger partial charge in [0.15, 0.2) is 0 Å². The maximum absolute atomic E-state index is 10.2. The molecule has 13 heavy (non-hydrogen) atoms. The highest BCUT2D eigenvalue weighted by Gasteiger charge is 2.42. The summed E-state index contributed by atoms with van der Waals surface area (Å²) in [4.78, 5) is 20.5. The van der Waals surface area contributed by atoms with Gasteiger partial charge in [-0.05, 0) is 12.8 Å². The molecule has 1 saturated carbocycles. The fourth-order valence-corrected chi connectivity index (χ4v) is 1.46. The molecule has 2 N–H and O–H groups in total. The zero-order valence-electron chi connectivity index (χ0n) is 6.86. The summed E-state index contributed by atoms with van der Waals surface area (Å²) in [7, 11) is 0. The van der Waals surface area contributed by atoms with E-state index < -0.39 is 18.1 Å². The molecule has 6 nitrogen and oxygen atoms in total. The highest BCUT2D eigenvalue weighted by atomic mass is 16.8. The quantitative estimate of drug-likeness (QED) is 0.507. The van der Waals surface area contributed by atoms with Crippen LogP contribution in [0.5, 0.6) is 0 Å². The molecule has 0 bridgehead atoms. The van der Waals surface area contributed by atoms with Crippen LogP contribution in [0.4, 0.5) is 9.59 Å². The van der Waals surface area contributed by atoms with E-state index in [0.29, 0.717) is 25.7 Å². The summed E-state index contributed by atoms with van der Waals surface area (Å²) in [5.74, 6) is -1.46. The van der Waals surface area contributed by atoms with Gasteiger partial charge in [0.2, 0.25) is 0 Å². The maximum atomic E-state index is 10.2. The SMILES string of the molecule is O=C(O)OC1(OC(=O)O)CCCC1. The summed E-state index contributed by atoms with van der Waals surface area (Å²) in [6, 6.07) is 0. The lowest BCUT2D eigenvalue weighted by Gasteiger charge is -2.24. The Kier molecular flexibility index (Phi) is 2.60. The van der Waals surface area contributed by atoms with E-state index in [1.54, 1.807) is 0 Å². The third kappa shape index (κ3) is 2.50. The number of rotatable bonds is 2. The van der Waals surface area contributed by atoms with Gasteiger partial charge in [0.25, 0.3) is 5.79 Å². The van der Waals surface area contributed by atoms with Crippen LogP contribution < -0.4 is 0 Å². The second kappa shape index (κ2) is 3.51. The summed E-state index contributed by atoms with van der Waals surface area (Å²) in [5.41, 5.74) is 0. The second-order valence-electron chi connectivity index (χ2n) is 2.85. The Morgan fingerprint density at radius 3 is 1.69 bits per heavy atom. The van der Waals surface area contributed by atoms with E-state index in [1.165, 1.54) is 0 Å². The third-order valence-corrected chi connectivity index (χ3v) is 1.91. The summed E-state index contributed by atoms with van der Waals surface area (Å²) in [6.07, 6.45) is -1.01. The van der Waals surface area contributed by atoms with Crippen molar-refractivity contribution in [1.29, 1.82) is 0 Å². The first-order chi connectivity index (χ1) is 6.04. The number of hydrogen-bond acceptors (Lipinski definition) is 4. The molecular formula is C7H10O6. The minimum atomic E-state index is -1.51. The molecule has 6 heteroatoms. The highest BCUT2D eigenvalue weighted by Crippen LogP contribution is 2.34. The van der Waals surface area contributed by atoms with Crippen molar-refractivity contribution in [3.8, 4) is 0 Å². The van der Waals surface area contributed by atoms with Gasteiger partial charge < -0.3 is 19.7 Å². The first-order valence-corrected chi connectivity index (χ1v) is 3.88. The van der Waals surface area contributed by atoms with Crippen molar-refractivity contribution < 1.29 is 29.3 Å². The second-order valence-corrected chi connectivity index (χ2v) is 2.85. The number of hydrogen-bond donors (Lipinski definition) is 2. The molecule has 0 aromatic heterocycles. The molecule has 0 radical (unpaired) electrons. The van der Waals surface area contributed by atoms with E-state index in [-0.39, 0.29) is 0 Å². The average molecular weight is 190 g/mol. The number of carbonyl (C=O) groups is 2. The molecular weight excluding hydrogens is 180 g/mol. The van der Waals surface area contributed by atoms with E-state index in [1.807, 2.05) is 0 Å². The summed E-state index contributed by atoms with van der Waals surface area (Å²) >= 11 is 0. The molecule has 0 amide bonds.